The second-order valence-electron chi connectivity index (χ2n) is 3.05. The van der Waals surface area contributed by atoms with Gasteiger partial charge < -0.3 is 9.84 Å². The molecule has 0 spiro atoms. The number of rotatable bonds is 5. The van der Waals surface area contributed by atoms with E-state index < -0.39 is 23.8 Å². The Morgan fingerprint density at radius 3 is 2.31 bits per heavy atom. The summed E-state index contributed by atoms with van der Waals surface area (Å²) >= 11 is 0. The molecule has 0 aliphatic heterocycles. The van der Waals surface area contributed by atoms with Crippen LogP contribution in [-0.2, 0) is 14.3 Å². The van der Waals surface area contributed by atoms with Crippen LogP contribution in [0.15, 0.2) is 0 Å². The number of ether oxygens (including phenoxy) is 1. The van der Waals surface area contributed by atoms with Gasteiger partial charge in [-0.25, -0.2) is 0 Å². The van der Waals surface area contributed by atoms with Crippen LogP contribution in [0.1, 0.15) is 26.7 Å². The molecule has 0 aromatic rings. The van der Waals surface area contributed by atoms with E-state index in [4.69, 9.17) is 5.11 Å². The molecule has 0 fully saturated rings. The lowest BCUT2D eigenvalue weighted by Crippen LogP contribution is -2.28. The van der Waals surface area contributed by atoms with Gasteiger partial charge in [0.2, 0.25) is 0 Å². The van der Waals surface area contributed by atoms with Crippen molar-refractivity contribution in [3.63, 3.8) is 0 Å². The SMILES string of the molecule is CCCC(C(=O)O)C(C)C(=O)OC. The fourth-order valence-corrected chi connectivity index (χ4v) is 1.25. The molecule has 0 aromatic heterocycles. The minimum atomic E-state index is -0.931. The first-order valence-corrected chi connectivity index (χ1v) is 4.35. The highest BCUT2D eigenvalue weighted by Gasteiger charge is 2.29. The van der Waals surface area contributed by atoms with Crippen LogP contribution in [-0.4, -0.2) is 24.2 Å². The van der Waals surface area contributed by atoms with Crippen molar-refractivity contribution in [1.29, 1.82) is 0 Å². The summed E-state index contributed by atoms with van der Waals surface area (Å²) < 4.78 is 4.49. The van der Waals surface area contributed by atoms with Gasteiger partial charge in [-0.2, -0.15) is 0 Å². The molecule has 4 nitrogen and oxygen atoms in total. The molecule has 0 bridgehead atoms. The van der Waals surface area contributed by atoms with Crippen molar-refractivity contribution in [1.82, 2.24) is 0 Å². The Labute approximate surface area is 77.9 Å². The van der Waals surface area contributed by atoms with Crippen molar-refractivity contribution in [3.8, 4) is 0 Å². The zero-order chi connectivity index (χ0) is 10.4. The Bertz CT molecular complexity index is 188. The highest BCUT2D eigenvalue weighted by molar-refractivity contribution is 5.80. The maximum Gasteiger partial charge on any atom is 0.309 e. The van der Waals surface area contributed by atoms with Crippen molar-refractivity contribution in [2.45, 2.75) is 26.7 Å². The Morgan fingerprint density at radius 1 is 1.46 bits per heavy atom. The first-order chi connectivity index (χ1) is 6.04. The number of esters is 1. The summed E-state index contributed by atoms with van der Waals surface area (Å²) in [6, 6.07) is 0. The van der Waals surface area contributed by atoms with Gasteiger partial charge in [0.15, 0.2) is 0 Å². The molecular weight excluding hydrogens is 172 g/mol. The topological polar surface area (TPSA) is 63.6 Å². The lowest BCUT2D eigenvalue weighted by molar-refractivity contribution is -0.155. The summed E-state index contributed by atoms with van der Waals surface area (Å²) in [5, 5.41) is 8.81. The van der Waals surface area contributed by atoms with Gasteiger partial charge in [0.05, 0.1) is 18.9 Å². The van der Waals surface area contributed by atoms with E-state index in [1.807, 2.05) is 6.92 Å². The molecule has 0 aliphatic carbocycles. The van der Waals surface area contributed by atoms with E-state index in [0.717, 1.165) is 6.42 Å². The quantitative estimate of drug-likeness (QED) is 0.660. The third kappa shape index (κ3) is 3.44. The van der Waals surface area contributed by atoms with Gasteiger partial charge in [0.25, 0.3) is 0 Å². The highest BCUT2D eigenvalue weighted by atomic mass is 16.5. The van der Waals surface area contributed by atoms with Gasteiger partial charge in [0, 0.05) is 0 Å². The summed E-state index contributed by atoms with van der Waals surface area (Å²) in [5.41, 5.74) is 0. The molecule has 0 heterocycles. The molecule has 2 unspecified atom stereocenters. The number of methoxy groups -OCH3 is 1. The number of hydrogen-bond donors (Lipinski definition) is 1. The predicted molar refractivity (Wildman–Crippen MR) is 47.2 cm³/mol. The largest absolute Gasteiger partial charge is 0.481 e. The predicted octanol–water partition coefficient (Wildman–Crippen LogP) is 1.30. The minimum absolute atomic E-state index is 0.458. The molecule has 0 rings (SSSR count). The molecule has 0 aliphatic rings. The van der Waals surface area contributed by atoms with Crippen LogP contribution in [0.5, 0.6) is 0 Å². The van der Waals surface area contributed by atoms with E-state index in [-0.39, 0.29) is 0 Å². The molecule has 0 saturated heterocycles. The first-order valence-electron chi connectivity index (χ1n) is 4.35. The summed E-state index contributed by atoms with van der Waals surface area (Å²) in [7, 11) is 1.27. The Morgan fingerprint density at radius 2 is 2.00 bits per heavy atom. The van der Waals surface area contributed by atoms with E-state index in [9.17, 15) is 9.59 Å². The monoisotopic (exact) mass is 188 g/mol. The second kappa shape index (κ2) is 5.56. The summed E-state index contributed by atoms with van der Waals surface area (Å²) in [4.78, 5) is 21.8. The Kier molecular flexibility index (Phi) is 5.11. The molecule has 4 heteroatoms. The van der Waals surface area contributed by atoms with Crippen LogP contribution in [0.2, 0.25) is 0 Å². The van der Waals surface area contributed by atoms with Crippen LogP contribution < -0.4 is 0 Å². The number of aliphatic carboxylic acids is 1. The summed E-state index contributed by atoms with van der Waals surface area (Å²) in [6.07, 6.45) is 1.25. The molecular formula is C9H16O4. The van der Waals surface area contributed by atoms with E-state index in [1.165, 1.54) is 7.11 Å². The number of carbonyl (C=O) groups is 2. The summed E-state index contributed by atoms with van der Waals surface area (Å²) in [6.45, 7) is 3.47. The van der Waals surface area contributed by atoms with Crippen LogP contribution in [0.25, 0.3) is 0 Å². The standard InChI is InChI=1S/C9H16O4/c1-4-5-7(8(10)11)6(2)9(12)13-3/h6-7H,4-5H2,1-3H3,(H,10,11). The third-order valence-electron chi connectivity index (χ3n) is 2.09. The maximum atomic E-state index is 11.0. The van der Waals surface area contributed by atoms with Gasteiger partial charge in [-0.3, -0.25) is 9.59 Å². The molecule has 2 atom stereocenters. The molecule has 13 heavy (non-hydrogen) atoms. The number of carboxylic acid groups (broad SMARTS) is 1. The molecule has 0 amide bonds. The van der Waals surface area contributed by atoms with E-state index in [0.29, 0.717) is 6.42 Å². The van der Waals surface area contributed by atoms with Crippen LogP contribution >= 0.6 is 0 Å². The van der Waals surface area contributed by atoms with Gasteiger partial charge >= 0.3 is 11.9 Å². The third-order valence-corrected chi connectivity index (χ3v) is 2.09. The van der Waals surface area contributed by atoms with Gasteiger partial charge in [-0.15, -0.1) is 0 Å². The molecule has 1 N–H and O–H groups in total. The van der Waals surface area contributed by atoms with Gasteiger partial charge in [-0.1, -0.05) is 20.3 Å². The zero-order valence-corrected chi connectivity index (χ0v) is 8.24. The zero-order valence-electron chi connectivity index (χ0n) is 8.24. The lowest BCUT2D eigenvalue weighted by atomic mass is 9.90. The average molecular weight is 188 g/mol. The van der Waals surface area contributed by atoms with Crippen molar-refractivity contribution in [3.05, 3.63) is 0 Å². The Balaban J connectivity index is 4.35. The fourth-order valence-electron chi connectivity index (χ4n) is 1.25. The van der Waals surface area contributed by atoms with E-state index in [1.54, 1.807) is 6.92 Å². The molecule has 0 aromatic carbocycles. The van der Waals surface area contributed by atoms with Crippen LogP contribution in [0.3, 0.4) is 0 Å². The average Bonchev–Trinajstić information content (AvgIpc) is 2.11. The first kappa shape index (κ1) is 11.9. The lowest BCUT2D eigenvalue weighted by Gasteiger charge is -2.16. The van der Waals surface area contributed by atoms with Crippen molar-refractivity contribution >= 4 is 11.9 Å². The highest BCUT2D eigenvalue weighted by Crippen LogP contribution is 2.18. The molecule has 0 saturated carbocycles. The van der Waals surface area contributed by atoms with Gasteiger partial charge in [-0.05, 0) is 6.42 Å². The number of carbonyl (C=O) groups excluding carboxylic acids is 1. The van der Waals surface area contributed by atoms with E-state index in [2.05, 4.69) is 4.74 Å². The number of hydrogen-bond acceptors (Lipinski definition) is 3. The van der Waals surface area contributed by atoms with Gasteiger partial charge in [0.1, 0.15) is 0 Å². The minimum Gasteiger partial charge on any atom is -0.481 e. The number of carboxylic acids is 1. The van der Waals surface area contributed by atoms with Crippen LogP contribution in [0, 0.1) is 11.8 Å². The maximum absolute atomic E-state index is 11.0. The smallest absolute Gasteiger partial charge is 0.309 e. The van der Waals surface area contributed by atoms with Crippen LogP contribution in [0.4, 0.5) is 0 Å². The Hall–Kier alpha value is -1.06. The van der Waals surface area contributed by atoms with Crippen molar-refractivity contribution in [2.24, 2.45) is 11.8 Å². The van der Waals surface area contributed by atoms with E-state index >= 15 is 0 Å². The van der Waals surface area contributed by atoms with Crippen molar-refractivity contribution in [2.75, 3.05) is 7.11 Å². The second-order valence-corrected chi connectivity index (χ2v) is 3.05. The summed E-state index contributed by atoms with van der Waals surface area (Å²) in [5.74, 6) is -2.58. The van der Waals surface area contributed by atoms with Crippen molar-refractivity contribution < 1.29 is 19.4 Å². The fraction of sp³-hybridized carbons (Fsp3) is 0.778. The normalized spacial score (nSPS) is 14.7. The molecule has 0 radical (unpaired) electrons. The molecule has 76 valence electrons.